The van der Waals surface area contributed by atoms with Crippen LogP contribution in [0.4, 0.5) is 5.69 Å². The Balaban J connectivity index is 1.88. The molecule has 0 aliphatic heterocycles. The third-order valence-corrected chi connectivity index (χ3v) is 7.00. The van der Waals surface area contributed by atoms with Crippen LogP contribution in [0.1, 0.15) is 35.3 Å². The third-order valence-electron chi connectivity index (χ3n) is 4.88. The van der Waals surface area contributed by atoms with Crippen molar-refractivity contribution < 1.29 is 13.2 Å². The van der Waals surface area contributed by atoms with E-state index in [2.05, 4.69) is 5.32 Å². The van der Waals surface area contributed by atoms with E-state index in [-0.39, 0.29) is 27.4 Å². The minimum absolute atomic E-state index is 0.170. The second kappa shape index (κ2) is 9.32. The smallest absolute Gasteiger partial charge is 0.264 e. The number of carbonyl (C=O) groups excluding carboxylic acids is 1. The highest BCUT2D eigenvalue weighted by Crippen LogP contribution is 2.27. The van der Waals surface area contributed by atoms with E-state index in [9.17, 15) is 13.2 Å². The van der Waals surface area contributed by atoms with E-state index in [0.717, 1.165) is 9.87 Å². The number of sulfonamides is 1. The van der Waals surface area contributed by atoms with Crippen LogP contribution in [0.5, 0.6) is 0 Å². The number of hydrogen-bond acceptors (Lipinski definition) is 3. The van der Waals surface area contributed by atoms with Crippen molar-refractivity contribution in [3.8, 4) is 0 Å². The largest absolute Gasteiger partial charge is 0.345 e. The van der Waals surface area contributed by atoms with Crippen LogP contribution in [0, 0.1) is 0 Å². The first-order valence-electron chi connectivity index (χ1n) is 9.54. The Hall–Kier alpha value is -2.83. The highest BCUT2D eigenvalue weighted by atomic mass is 35.5. The number of rotatable bonds is 7. The maximum Gasteiger partial charge on any atom is 0.264 e. The van der Waals surface area contributed by atoms with Gasteiger partial charge in [0.1, 0.15) is 0 Å². The molecule has 0 aromatic heterocycles. The van der Waals surface area contributed by atoms with E-state index < -0.39 is 10.0 Å². The van der Waals surface area contributed by atoms with Crippen LogP contribution in [0.2, 0.25) is 5.02 Å². The molecule has 3 aromatic carbocycles. The first-order valence-corrected chi connectivity index (χ1v) is 11.4. The Morgan fingerprint density at radius 3 is 2.20 bits per heavy atom. The summed E-state index contributed by atoms with van der Waals surface area (Å²) in [7, 11) is -2.31. The topological polar surface area (TPSA) is 66.5 Å². The van der Waals surface area contributed by atoms with Crippen LogP contribution in [0.3, 0.4) is 0 Å². The van der Waals surface area contributed by atoms with Gasteiger partial charge in [-0.2, -0.15) is 0 Å². The monoisotopic (exact) mass is 442 g/mol. The number of carbonyl (C=O) groups is 1. The molecule has 1 amide bonds. The minimum atomic E-state index is -3.76. The van der Waals surface area contributed by atoms with E-state index in [1.165, 1.54) is 31.3 Å². The van der Waals surface area contributed by atoms with Crippen molar-refractivity contribution in [2.24, 2.45) is 0 Å². The van der Waals surface area contributed by atoms with Crippen molar-refractivity contribution in [3.63, 3.8) is 0 Å². The van der Waals surface area contributed by atoms with Crippen LogP contribution >= 0.6 is 11.6 Å². The average molecular weight is 443 g/mol. The van der Waals surface area contributed by atoms with Gasteiger partial charge in [-0.15, -0.1) is 0 Å². The molecule has 5 nitrogen and oxygen atoms in total. The van der Waals surface area contributed by atoms with Crippen molar-refractivity contribution in [1.29, 1.82) is 0 Å². The molecule has 156 valence electrons. The summed E-state index contributed by atoms with van der Waals surface area (Å²) in [5.74, 6) is -0.358. The number of halogens is 1. The van der Waals surface area contributed by atoms with E-state index in [1.54, 1.807) is 24.3 Å². The lowest BCUT2D eigenvalue weighted by Crippen LogP contribution is -2.29. The summed E-state index contributed by atoms with van der Waals surface area (Å²) in [5.41, 5.74) is 1.56. The summed E-state index contributed by atoms with van der Waals surface area (Å²) in [5, 5.41) is 3.24. The molecule has 0 bridgehead atoms. The summed E-state index contributed by atoms with van der Waals surface area (Å²) in [6.45, 7) is 1.98. The predicted octanol–water partition coefficient (Wildman–Crippen LogP) is 5.05. The predicted molar refractivity (Wildman–Crippen MR) is 120 cm³/mol. The van der Waals surface area contributed by atoms with E-state index in [0.29, 0.717) is 12.1 Å². The Morgan fingerprint density at radius 1 is 1.00 bits per heavy atom. The van der Waals surface area contributed by atoms with Crippen molar-refractivity contribution in [3.05, 3.63) is 95.0 Å². The zero-order valence-electron chi connectivity index (χ0n) is 16.7. The summed E-state index contributed by atoms with van der Waals surface area (Å²) >= 11 is 6.27. The van der Waals surface area contributed by atoms with Gasteiger partial charge >= 0.3 is 0 Å². The number of benzene rings is 3. The lowest BCUT2D eigenvalue weighted by Gasteiger charge is -2.21. The van der Waals surface area contributed by atoms with E-state index in [4.69, 9.17) is 11.6 Å². The van der Waals surface area contributed by atoms with Crippen molar-refractivity contribution >= 4 is 33.2 Å². The molecule has 0 spiro atoms. The molecule has 3 aromatic rings. The van der Waals surface area contributed by atoms with Crippen LogP contribution in [0.15, 0.2) is 83.8 Å². The average Bonchev–Trinajstić information content (AvgIpc) is 2.78. The van der Waals surface area contributed by atoms with E-state index in [1.807, 2.05) is 37.3 Å². The minimum Gasteiger partial charge on any atom is -0.345 e. The van der Waals surface area contributed by atoms with Crippen molar-refractivity contribution in [2.75, 3.05) is 11.4 Å². The van der Waals surface area contributed by atoms with Gasteiger partial charge in [-0.1, -0.05) is 67.1 Å². The van der Waals surface area contributed by atoms with Crippen LogP contribution in [-0.4, -0.2) is 21.4 Å². The molecule has 30 heavy (non-hydrogen) atoms. The zero-order valence-corrected chi connectivity index (χ0v) is 18.3. The standard InChI is InChI=1S/C23H23ClN2O3S/c1-3-22(17-10-6-4-7-11-17)25-23(27)20-16-18(14-15-21(20)24)26(2)30(28,29)19-12-8-5-9-13-19/h4-16,22H,3H2,1-2H3,(H,25,27). The van der Waals surface area contributed by atoms with Crippen LogP contribution < -0.4 is 9.62 Å². The van der Waals surface area contributed by atoms with Gasteiger partial charge in [0.25, 0.3) is 15.9 Å². The maximum atomic E-state index is 12.9. The summed E-state index contributed by atoms with van der Waals surface area (Å²) in [6.07, 6.45) is 0.704. The Labute approximate surface area is 182 Å². The Morgan fingerprint density at radius 2 is 1.60 bits per heavy atom. The summed E-state index contributed by atoms with van der Waals surface area (Å²) < 4.78 is 26.9. The quantitative estimate of drug-likeness (QED) is 0.557. The first kappa shape index (κ1) is 21.9. The molecule has 0 saturated heterocycles. The van der Waals surface area contributed by atoms with Gasteiger partial charge in [0.05, 0.1) is 27.2 Å². The Bertz CT molecular complexity index is 1120. The molecular weight excluding hydrogens is 420 g/mol. The molecule has 7 heteroatoms. The number of nitrogens with one attached hydrogen (secondary N) is 1. The number of hydrogen-bond donors (Lipinski definition) is 1. The van der Waals surface area contributed by atoms with Crippen LogP contribution in [-0.2, 0) is 10.0 Å². The van der Waals surface area contributed by atoms with Gasteiger partial charge in [0.2, 0.25) is 0 Å². The van der Waals surface area contributed by atoms with Gasteiger partial charge < -0.3 is 5.32 Å². The maximum absolute atomic E-state index is 12.9. The van der Waals surface area contributed by atoms with Gasteiger partial charge in [-0.05, 0) is 42.3 Å². The molecule has 1 N–H and O–H groups in total. The molecule has 1 atom stereocenters. The molecule has 0 saturated carbocycles. The number of anilines is 1. The highest BCUT2D eigenvalue weighted by molar-refractivity contribution is 7.92. The lowest BCUT2D eigenvalue weighted by molar-refractivity contribution is 0.0935. The van der Waals surface area contributed by atoms with E-state index >= 15 is 0 Å². The SMILES string of the molecule is CCC(NC(=O)c1cc(N(C)S(=O)(=O)c2ccccc2)ccc1Cl)c1ccccc1. The molecule has 0 radical (unpaired) electrons. The highest BCUT2D eigenvalue weighted by Gasteiger charge is 2.23. The zero-order chi connectivity index (χ0) is 21.7. The lowest BCUT2D eigenvalue weighted by atomic mass is 10.0. The fourth-order valence-corrected chi connectivity index (χ4v) is 4.53. The summed E-state index contributed by atoms with van der Waals surface area (Å²) in [4.78, 5) is 13.1. The molecule has 0 aliphatic carbocycles. The van der Waals surface area contributed by atoms with Crippen molar-refractivity contribution in [1.82, 2.24) is 5.32 Å². The Kier molecular flexibility index (Phi) is 6.80. The molecule has 0 aliphatic rings. The van der Waals surface area contributed by atoms with Gasteiger partial charge in [0.15, 0.2) is 0 Å². The second-order valence-corrected chi connectivity index (χ2v) is 9.17. The van der Waals surface area contributed by atoms with Gasteiger partial charge in [-0.25, -0.2) is 8.42 Å². The second-order valence-electron chi connectivity index (χ2n) is 6.79. The summed E-state index contributed by atoms with van der Waals surface area (Å²) in [6, 6.07) is 22.2. The molecule has 1 unspecified atom stereocenters. The van der Waals surface area contributed by atoms with Gasteiger partial charge in [0, 0.05) is 7.05 Å². The molecule has 0 fully saturated rings. The third kappa shape index (κ3) is 4.66. The fourth-order valence-electron chi connectivity index (χ4n) is 3.11. The first-order chi connectivity index (χ1) is 14.3. The number of amides is 1. The fraction of sp³-hybridized carbons (Fsp3) is 0.174. The van der Waals surface area contributed by atoms with Crippen molar-refractivity contribution in [2.45, 2.75) is 24.3 Å². The molecule has 0 heterocycles. The molecular formula is C23H23ClN2O3S. The number of nitrogens with zero attached hydrogens (tertiary/aromatic N) is 1. The molecule has 3 rings (SSSR count). The van der Waals surface area contributed by atoms with Gasteiger partial charge in [-0.3, -0.25) is 9.10 Å². The normalized spacial score (nSPS) is 12.2. The van der Waals surface area contributed by atoms with Crippen LogP contribution in [0.25, 0.3) is 0 Å².